The second-order valence-electron chi connectivity index (χ2n) is 5.48. The Hall–Kier alpha value is -2.19. The Morgan fingerprint density at radius 3 is 2.46 bits per heavy atom. The third kappa shape index (κ3) is 6.27. The molecule has 0 aliphatic rings. The smallest absolute Gasteiger partial charge is 0.366 e. The van der Waals surface area contributed by atoms with Crippen molar-refractivity contribution in [2.75, 3.05) is 6.61 Å². The molecule has 8 heteroatoms. The highest BCUT2D eigenvalue weighted by Crippen LogP contribution is 2.14. The van der Waals surface area contributed by atoms with E-state index in [1.807, 2.05) is 30.3 Å². The molecule has 2 unspecified atom stereocenters. The summed E-state index contributed by atoms with van der Waals surface area (Å²) in [5.41, 5.74) is 0.837. The molecule has 0 saturated carbocycles. The molecule has 0 radical (unpaired) electrons. The van der Waals surface area contributed by atoms with Gasteiger partial charge >= 0.3 is 11.9 Å². The van der Waals surface area contributed by atoms with E-state index in [1.165, 1.54) is 4.57 Å². The predicted molar refractivity (Wildman–Crippen MR) is 88.1 cm³/mol. The SMILES string of the molecule is CCOC(C)OC(=O)C(C(=O)OCc1ccccc1)n1cc[n+](C)c1.[Br-]. The van der Waals surface area contributed by atoms with Crippen LogP contribution in [0.2, 0.25) is 0 Å². The number of hydrogen-bond acceptors (Lipinski definition) is 5. The van der Waals surface area contributed by atoms with Crippen LogP contribution in [0.25, 0.3) is 0 Å². The number of esters is 2. The summed E-state index contributed by atoms with van der Waals surface area (Å²) >= 11 is 0. The fourth-order valence-electron chi connectivity index (χ4n) is 2.27. The average molecular weight is 427 g/mol. The van der Waals surface area contributed by atoms with Gasteiger partial charge in [0.1, 0.15) is 19.0 Å². The molecule has 2 aromatic rings. The van der Waals surface area contributed by atoms with Gasteiger partial charge in [-0.05, 0) is 19.4 Å². The first-order valence-corrected chi connectivity index (χ1v) is 8.06. The molecule has 0 bridgehead atoms. The van der Waals surface area contributed by atoms with Crippen LogP contribution >= 0.6 is 0 Å². The Bertz CT molecular complexity index is 705. The van der Waals surface area contributed by atoms with E-state index in [9.17, 15) is 9.59 Å². The van der Waals surface area contributed by atoms with E-state index in [2.05, 4.69) is 0 Å². The number of hydrogen-bond donors (Lipinski definition) is 0. The highest BCUT2D eigenvalue weighted by atomic mass is 79.9. The fourth-order valence-corrected chi connectivity index (χ4v) is 2.27. The van der Waals surface area contributed by atoms with Crippen LogP contribution in [-0.2, 0) is 37.5 Å². The lowest BCUT2D eigenvalue weighted by atomic mass is 10.2. The topological polar surface area (TPSA) is 70.6 Å². The highest BCUT2D eigenvalue weighted by molar-refractivity contribution is 5.97. The number of nitrogens with zero attached hydrogens (tertiary/aromatic N) is 2. The summed E-state index contributed by atoms with van der Waals surface area (Å²) in [5.74, 6) is -1.41. The Balaban J connectivity index is 0.00000338. The second kappa shape index (κ2) is 10.7. The van der Waals surface area contributed by atoms with Gasteiger partial charge in [0, 0.05) is 6.61 Å². The number of imidazole rings is 1. The van der Waals surface area contributed by atoms with Gasteiger partial charge < -0.3 is 31.2 Å². The molecule has 2 atom stereocenters. The number of ether oxygens (including phenoxy) is 3. The first-order chi connectivity index (χ1) is 12.0. The standard InChI is InChI=1S/C18H23N2O5.BrH/c1-4-23-14(2)25-18(22)16(20-11-10-19(3)13-20)17(21)24-12-15-8-6-5-7-9-15;/h5-11,13-14,16H,4,12H2,1-3H3;1H/q+1;/p-1. The summed E-state index contributed by atoms with van der Waals surface area (Å²) in [4.78, 5) is 25.0. The zero-order valence-electron chi connectivity index (χ0n) is 15.0. The molecule has 0 N–H and O–H groups in total. The lowest BCUT2D eigenvalue weighted by molar-refractivity contribution is -0.671. The molecular formula is C18H23BrN2O5. The maximum Gasteiger partial charge on any atom is 0.366 e. The van der Waals surface area contributed by atoms with Crippen molar-refractivity contribution in [2.45, 2.75) is 32.8 Å². The van der Waals surface area contributed by atoms with Gasteiger partial charge in [-0.3, -0.25) is 0 Å². The molecule has 2 rings (SSSR count). The number of aryl methyl sites for hydroxylation is 1. The van der Waals surface area contributed by atoms with Crippen molar-refractivity contribution in [1.82, 2.24) is 4.57 Å². The number of benzene rings is 1. The van der Waals surface area contributed by atoms with E-state index in [0.717, 1.165) is 5.56 Å². The summed E-state index contributed by atoms with van der Waals surface area (Å²) < 4.78 is 18.9. The third-order valence-corrected chi connectivity index (χ3v) is 3.44. The fraction of sp³-hybridized carbons (Fsp3) is 0.389. The molecule has 0 aliphatic heterocycles. The molecule has 0 aliphatic carbocycles. The van der Waals surface area contributed by atoms with Gasteiger partial charge in [0.2, 0.25) is 6.33 Å². The first kappa shape index (κ1) is 21.9. The molecule has 0 fully saturated rings. The van der Waals surface area contributed by atoms with Crippen LogP contribution in [0.5, 0.6) is 0 Å². The summed E-state index contributed by atoms with van der Waals surface area (Å²) in [5, 5.41) is 0. The minimum Gasteiger partial charge on any atom is -1.00 e. The molecule has 26 heavy (non-hydrogen) atoms. The van der Waals surface area contributed by atoms with Crippen molar-refractivity contribution in [3.8, 4) is 0 Å². The van der Waals surface area contributed by atoms with Crippen molar-refractivity contribution in [2.24, 2.45) is 7.05 Å². The van der Waals surface area contributed by atoms with Crippen LogP contribution in [-0.4, -0.2) is 29.4 Å². The number of carbonyl (C=O) groups is 2. The van der Waals surface area contributed by atoms with Gasteiger partial charge in [-0.25, -0.2) is 18.7 Å². The van der Waals surface area contributed by atoms with Crippen LogP contribution in [0.15, 0.2) is 49.1 Å². The minimum absolute atomic E-state index is 0. The van der Waals surface area contributed by atoms with E-state index in [4.69, 9.17) is 14.2 Å². The van der Waals surface area contributed by atoms with Gasteiger partial charge in [-0.1, -0.05) is 30.3 Å². The summed E-state index contributed by atoms with van der Waals surface area (Å²) in [6.45, 7) is 3.87. The zero-order chi connectivity index (χ0) is 18.2. The molecule has 0 spiro atoms. The van der Waals surface area contributed by atoms with Crippen LogP contribution in [0.4, 0.5) is 0 Å². The van der Waals surface area contributed by atoms with E-state index in [0.29, 0.717) is 6.61 Å². The monoisotopic (exact) mass is 426 g/mol. The van der Waals surface area contributed by atoms with E-state index >= 15 is 0 Å². The summed E-state index contributed by atoms with van der Waals surface area (Å²) in [7, 11) is 1.79. The van der Waals surface area contributed by atoms with Crippen LogP contribution in [0.3, 0.4) is 0 Å². The normalized spacial score (nSPS) is 12.6. The highest BCUT2D eigenvalue weighted by Gasteiger charge is 2.37. The van der Waals surface area contributed by atoms with Gasteiger partial charge in [-0.15, -0.1) is 0 Å². The Kier molecular flexibility index (Phi) is 9.01. The quantitative estimate of drug-likeness (QED) is 0.223. The molecule has 7 nitrogen and oxygen atoms in total. The molecule has 1 aromatic carbocycles. The maximum atomic E-state index is 12.5. The number of rotatable bonds is 8. The number of carbonyl (C=O) groups excluding carboxylic acids is 2. The van der Waals surface area contributed by atoms with Crippen LogP contribution < -0.4 is 21.5 Å². The Morgan fingerprint density at radius 1 is 1.19 bits per heavy atom. The molecule has 0 saturated heterocycles. The van der Waals surface area contributed by atoms with Crippen LogP contribution in [0, 0.1) is 0 Å². The minimum atomic E-state index is -1.23. The van der Waals surface area contributed by atoms with Crippen molar-refractivity contribution >= 4 is 11.9 Å². The third-order valence-electron chi connectivity index (χ3n) is 3.44. The average Bonchev–Trinajstić information content (AvgIpc) is 3.00. The first-order valence-electron chi connectivity index (χ1n) is 8.06. The van der Waals surface area contributed by atoms with Gasteiger partial charge in [0.15, 0.2) is 6.29 Å². The molecule has 0 amide bonds. The van der Waals surface area contributed by atoms with Crippen molar-refractivity contribution < 1.29 is 45.3 Å². The Labute approximate surface area is 163 Å². The lowest BCUT2D eigenvalue weighted by Gasteiger charge is -2.16. The second-order valence-corrected chi connectivity index (χ2v) is 5.48. The predicted octanol–water partition coefficient (Wildman–Crippen LogP) is -1.47. The molecule has 1 heterocycles. The molecule has 1 aromatic heterocycles. The summed E-state index contributed by atoms with van der Waals surface area (Å²) in [6.07, 6.45) is 4.20. The number of halogens is 1. The largest absolute Gasteiger partial charge is 1.00 e. The van der Waals surface area contributed by atoms with Crippen LogP contribution in [0.1, 0.15) is 25.5 Å². The van der Waals surface area contributed by atoms with Gasteiger partial charge in [-0.2, -0.15) is 0 Å². The van der Waals surface area contributed by atoms with Crippen molar-refractivity contribution in [1.29, 1.82) is 0 Å². The van der Waals surface area contributed by atoms with E-state index in [1.54, 1.807) is 44.2 Å². The lowest BCUT2D eigenvalue weighted by Crippen LogP contribution is -3.00. The van der Waals surface area contributed by atoms with Crippen molar-refractivity contribution in [3.63, 3.8) is 0 Å². The molecular weight excluding hydrogens is 404 g/mol. The van der Waals surface area contributed by atoms with Gasteiger partial charge in [0.25, 0.3) is 6.04 Å². The van der Waals surface area contributed by atoms with Crippen molar-refractivity contribution in [3.05, 3.63) is 54.6 Å². The Morgan fingerprint density at radius 2 is 1.88 bits per heavy atom. The zero-order valence-corrected chi connectivity index (χ0v) is 16.6. The molecule has 142 valence electrons. The maximum absolute atomic E-state index is 12.5. The van der Waals surface area contributed by atoms with E-state index in [-0.39, 0.29) is 23.6 Å². The van der Waals surface area contributed by atoms with E-state index < -0.39 is 24.3 Å². The number of aromatic nitrogens is 2. The van der Waals surface area contributed by atoms with Gasteiger partial charge in [0.05, 0.1) is 7.05 Å². The summed E-state index contributed by atoms with van der Waals surface area (Å²) in [6, 6.07) is 8.03.